The van der Waals surface area contributed by atoms with Crippen LogP contribution in [0.3, 0.4) is 0 Å². The molecule has 0 aliphatic heterocycles. The largest absolute Gasteiger partial charge is 0.311 e. The number of anilines is 18. The molecular weight excluding hydrogens is 1300 g/mol. The lowest BCUT2D eigenvalue weighted by atomic mass is 10.0. The Morgan fingerprint density at radius 2 is 0.385 bits per heavy atom. The summed E-state index contributed by atoms with van der Waals surface area (Å²) in [5.41, 5.74) is 21.4. The molecule has 0 bridgehead atoms. The molecule has 2 aromatic heterocycles. The van der Waals surface area contributed by atoms with Crippen LogP contribution in [0.15, 0.2) is 413 Å². The van der Waals surface area contributed by atoms with Crippen molar-refractivity contribution in [1.29, 1.82) is 0 Å². The van der Waals surface area contributed by atoms with E-state index in [2.05, 4.69) is 442 Å². The van der Waals surface area contributed by atoms with Gasteiger partial charge in [-0.2, -0.15) is 0 Å². The second kappa shape index (κ2) is 28.1. The number of para-hydroxylation sites is 6. The highest BCUT2D eigenvalue weighted by Gasteiger charge is 2.24. The molecule has 0 aliphatic carbocycles. The van der Waals surface area contributed by atoms with E-state index in [0.717, 1.165) is 113 Å². The van der Waals surface area contributed by atoms with Crippen molar-refractivity contribution in [2.45, 2.75) is 0 Å². The third kappa shape index (κ3) is 12.3. The van der Waals surface area contributed by atoms with Gasteiger partial charge in [-0.25, -0.2) is 0 Å². The Balaban J connectivity index is 0.689. The van der Waals surface area contributed by atoms with Gasteiger partial charge in [0.15, 0.2) is 0 Å². The van der Waals surface area contributed by atoms with E-state index in [-0.39, 0.29) is 0 Å². The molecule has 0 spiro atoms. The summed E-state index contributed by atoms with van der Waals surface area (Å²) < 4.78 is 5.06. The Bertz CT molecular complexity index is 5900. The molecule has 0 atom stereocenters. The minimum Gasteiger partial charge on any atom is -0.311 e. The van der Waals surface area contributed by atoms with Crippen LogP contribution >= 0.6 is 22.7 Å². The van der Waals surface area contributed by atoms with Gasteiger partial charge in [0.2, 0.25) is 0 Å². The standard InChI is InChI=1S/C96H68N6S2/c1-7-28-71(29-8-1)97(72-30-9-2-10-31-72)77-48-50-81(51-49-77)101(87-64-65-95-91(68-87)89-43-20-21-46-93(89)103-95)82-54-52-79(53-55-82)99(75-36-15-5-16-37-75)85-40-23-26-69(66-85)70-27-24-41-86(67-70)100(76-38-17-6-18-39-76)80-58-62-84(63-59-80)102(92-45-25-44-90-88-42-19-22-47-94(88)104-96(90)92)83-60-56-78(57-61-83)98(73-32-11-3-12-33-73)74-34-13-4-14-35-74/h1-68H. The van der Waals surface area contributed by atoms with Gasteiger partial charge in [-0.05, 0) is 242 Å². The van der Waals surface area contributed by atoms with E-state index in [4.69, 9.17) is 0 Å². The van der Waals surface area contributed by atoms with Gasteiger partial charge < -0.3 is 29.4 Å². The normalized spacial score (nSPS) is 11.3. The number of hydrogen-bond donors (Lipinski definition) is 0. The number of hydrogen-bond acceptors (Lipinski definition) is 8. The molecule has 0 saturated carbocycles. The Kier molecular flexibility index (Phi) is 17.0. The van der Waals surface area contributed by atoms with Crippen LogP contribution in [0.1, 0.15) is 0 Å². The molecule has 6 nitrogen and oxygen atoms in total. The maximum absolute atomic E-state index is 2.42. The Morgan fingerprint density at radius 1 is 0.144 bits per heavy atom. The highest BCUT2D eigenvalue weighted by molar-refractivity contribution is 7.26. The van der Waals surface area contributed by atoms with Gasteiger partial charge >= 0.3 is 0 Å². The smallest absolute Gasteiger partial charge is 0.0640 e. The van der Waals surface area contributed by atoms with Crippen molar-refractivity contribution < 1.29 is 0 Å². The Morgan fingerprint density at radius 3 is 0.750 bits per heavy atom. The van der Waals surface area contributed by atoms with Gasteiger partial charge in [-0.3, -0.25) is 0 Å². The lowest BCUT2D eigenvalue weighted by Crippen LogP contribution is -2.13. The van der Waals surface area contributed by atoms with Crippen LogP contribution in [-0.2, 0) is 0 Å². The molecule has 0 aliphatic rings. The summed E-state index contributed by atoms with van der Waals surface area (Å²) in [4.78, 5) is 14.2. The van der Waals surface area contributed by atoms with E-state index in [9.17, 15) is 0 Å². The first kappa shape index (κ1) is 63.0. The van der Waals surface area contributed by atoms with E-state index < -0.39 is 0 Å². The molecule has 0 amide bonds. The van der Waals surface area contributed by atoms with Gasteiger partial charge in [0, 0.05) is 132 Å². The molecule has 0 fully saturated rings. The number of benzene rings is 16. The van der Waals surface area contributed by atoms with E-state index in [1.165, 1.54) is 40.3 Å². The topological polar surface area (TPSA) is 19.4 Å². The molecule has 18 rings (SSSR count). The van der Waals surface area contributed by atoms with E-state index in [1.807, 2.05) is 22.7 Å². The third-order valence-corrected chi connectivity index (χ3v) is 21.7. The summed E-state index contributed by atoms with van der Waals surface area (Å²) >= 11 is 3.69. The minimum atomic E-state index is 1.04. The van der Waals surface area contributed by atoms with Crippen LogP contribution in [0.4, 0.5) is 102 Å². The van der Waals surface area contributed by atoms with Crippen molar-refractivity contribution in [1.82, 2.24) is 0 Å². The highest BCUT2D eigenvalue weighted by Crippen LogP contribution is 2.49. The van der Waals surface area contributed by atoms with Gasteiger partial charge in [0.05, 0.1) is 10.4 Å². The van der Waals surface area contributed by atoms with E-state index >= 15 is 0 Å². The second-order valence-electron chi connectivity index (χ2n) is 25.7. The fourth-order valence-corrected chi connectivity index (χ4v) is 16.8. The van der Waals surface area contributed by atoms with Crippen LogP contribution in [0, 0.1) is 0 Å². The quantitative estimate of drug-likeness (QED) is 0.0798. The fourth-order valence-electron chi connectivity index (χ4n) is 14.5. The van der Waals surface area contributed by atoms with Crippen LogP contribution < -0.4 is 29.4 Å². The zero-order valence-electron chi connectivity index (χ0n) is 56.8. The zero-order chi connectivity index (χ0) is 69.1. The molecular formula is C96H68N6S2. The molecule has 0 N–H and O–H groups in total. The van der Waals surface area contributed by atoms with Crippen LogP contribution in [0.2, 0.25) is 0 Å². The monoisotopic (exact) mass is 1370 g/mol. The predicted molar refractivity (Wildman–Crippen MR) is 446 cm³/mol. The SMILES string of the molecule is c1ccc(N(c2ccccc2)c2ccc(N(c3ccc(N(c4ccccc4)c4cccc(-c5cccc(N(c6ccccc6)c6ccc(N(c7ccc(N(c8ccccc8)c8ccccc8)cc7)c7cccc8c7sc7ccccc78)cc6)c5)c4)cc3)c3ccc4sc5ccccc5c4c3)cc2)cc1. The Hall–Kier alpha value is -13.2. The molecule has 16 aromatic carbocycles. The number of fused-ring (bicyclic) bond motifs is 6. The maximum Gasteiger partial charge on any atom is 0.0640 e. The predicted octanol–water partition coefficient (Wildman–Crippen LogP) is 28.9. The molecule has 8 heteroatoms. The Labute approximate surface area is 614 Å². The molecule has 0 unspecified atom stereocenters. The van der Waals surface area contributed by atoms with Crippen molar-refractivity contribution in [2.24, 2.45) is 0 Å². The van der Waals surface area contributed by atoms with Crippen molar-refractivity contribution in [2.75, 3.05) is 29.4 Å². The summed E-state index contributed by atoms with van der Waals surface area (Å²) in [6.07, 6.45) is 0. The molecule has 104 heavy (non-hydrogen) atoms. The van der Waals surface area contributed by atoms with Gasteiger partial charge in [0.25, 0.3) is 0 Å². The van der Waals surface area contributed by atoms with Crippen LogP contribution in [0.25, 0.3) is 51.5 Å². The fraction of sp³-hybridized carbons (Fsp3) is 0. The van der Waals surface area contributed by atoms with Crippen molar-refractivity contribution in [3.05, 3.63) is 413 Å². The summed E-state index contributed by atoms with van der Waals surface area (Å²) in [6, 6.07) is 149. The van der Waals surface area contributed by atoms with Gasteiger partial charge in [-0.1, -0.05) is 182 Å². The first-order valence-electron chi connectivity index (χ1n) is 35.1. The first-order valence-corrected chi connectivity index (χ1v) is 36.8. The summed E-state index contributed by atoms with van der Waals surface area (Å²) in [7, 11) is 0. The first-order chi connectivity index (χ1) is 51.6. The van der Waals surface area contributed by atoms with Crippen LogP contribution in [0.5, 0.6) is 0 Å². The number of rotatable bonds is 19. The molecule has 2 heterocycles. The highest BCUT2D eigenvalue weighted by atomic mass is 32.1. The average molecular weight is 1370 g/mol. The van der Waals surface area contributed by atoms with Crippen molar-refractivity contribution >= 4 is 165 Å². The molecule has 494 valence electrons. The van der Waals surface area contributed by atoms with Crippen molar-refractivity contribution in [3.63, 3.8) is 0 Å². The average Bonchev–Trinajstić information content (AvgIpc) is 1.52. The summed E-state index contributed by atoms with van der Waals surface area (Å²) in [5, 5.41) is 5.03. The minimum absolute atomic E-state index is 1.04. The lowest BCUT2D eigenvalue weighted by molar-refractivity contribution is 1.25. The molecule has 18 aromatic rings. The maximum atomic E-state index is 2.42. The number of nitrogens with zero attached hydrogens (tertiary/aromatic N) is 6. The lowest BCUT2D eigenvalue weighted by Gasteiger charge is -2.30. The zero-order valence-corrected chi connectivity index (χ0v) is 58.4. The number of thiophene rings is 2. The third-order valence-electron chi connectivity index (χ3n) is 19.3. The van der Waals surface area contributed by atoms with Crippen LogP contribution in [-0.4, -0.2) is 0 Å². The molecule has 0 radical (unpaired) electrons. The van der Waals surface area contributed by atoms with E-state index in [1.54, 1.807) is 0 Å². The van der Waals surface area contributed by atoms with Gasteiger partial charge in [-0.15, -0.1) is 22.7 Å². The van der Waals surface area contributed by atoms with Gasteiger partial charge in [0.1, 0.15) is 0 Å². The summed E-state index contributed by atoms with van der Waals surface area (Å²) in [5.74, 6) is 0. The van der Waals surface area contributed by atoms with Crippen molar-refractivity contribution in [3.8, 4) is 11.1 Å². The second-order valence-corrected chi connectivity index (χ2v) is 27.9. The molecule has 0 saturated heterocycles. The van der Waals surface area contributed by atoms with E-state index in [0.29, 0.717) is 0 Å². The summed E-state index contributed by atoms with van der Waals surface area (Å²) in [6.45, 7) is 0.